The lowest BCUT2D eigenvalue weighted by Gasteiger charge is -2.35. The van der Waals surface area contributed by atoms with Gasteiger partial charge in [-0.3, -0.25) is 4.79 Å². The highest BCUT2D eigenvalue weighted by Crippen LogP contribution is 2.37. The Balaban J connectivity index is 1.40. The van der Waals surface area contributed by atoms with E-state index in [2.05, 4.69) is 32.3 Å². The van der Waals surface area contributed by atoms with Crippen LogP contribution in [0.1, 0.15) is 41.7 Å². The van der Waals surface area contributed by atoms with Crippen LogP contribution >= 0.6 is 11.3 Å². The Morgan fingerprint density at radius 3 is 2.73 bits per heavy atom. The van der Waals surface area contributed by atoms with Crippen LogP contribution in [0.4, 0.5) is 9.52 Å². The van der Waals surface area contributed by atoms with Crippen LogP contribution in [0.5, 0.6) is 0 Å². The molecule has 6 rings (SSSR count). The number of aryl methyl sites for hydroxylation is 1. The van der Waals surface area contributed by atoms with E-state index in [4.69, 9.17) is 5.73 Å². The van der Waals surface area contributed by atoms with Crippen LogP contribution in [0.2, 0.25) is 0 Å². The summed E-state index contributed by atoms with van der Waals surface area (Å²) in [5, 5.41) is 9.03. The Kier molecular flexibility index (Phi) is 4.63. The molecule has 2 unspecified atom stereocenters. The maximum atomic E-state index is 15.1. The second kappa shape index (κ2) is 7.46. The molecule has 1 aromatic carbocycles. The summed E-state index contributed by atoms with van der Waals surface area (Å²) in [5.74, 6) is -1.01. The predicted octanol–water partition coefficient (Wildman–Crippen LogP) is 3.27. The number of amides is 1. The Hall–Kier alpha value is -3.11. The summed E-state index contributed by atoms with van der Waals surface area (Å²) in [6.45, 7) is 1.81. The number of hydrogen-bond donors (Lipinski definition) is 2. The molecule has 2 bridgehead atoms. The zero-order chi connectivity index (χ0) is 22.9. The van der Waals surface area contributed by atoms with Gasteiger partial charge in [0.05, 0.1) is 27.8 Å². The number of halogens is 1. The van der Waals surface area contributed by atoms with E-state index in [1.807, 2.05) is 13.0 Å². The van der Waals surface area contributed by atoms with E-state index in [-0.39, 0.29) is 5.56 Å². The van der Waals surface area contributed by atoms with Crippen molar-refractivity contribution in [1.82, 2.24) is 24.9 Å². The van der Waals surface area contributed by atoms with E-state index in [0.717, 1.165) is 22.7 Å². The summed E-state index contributed by atoms with van der Waals surface area (Å²) in [5.41, 5.74) is 8.30. The van der Waals surface area contributed by atoms with Crippen LogP contribution in [0, 0.1) is 12.7 Å². The third kappa shape index (κ3) is 3.44. The second-order valence-corrected chi connectivity index (χ2v) is 10.1. The molecule has 3 N–H and O–H groups in total. The van der Waals surface area contributed by atoms with Crippen molar-refractivity contribution >= 4 is 38.2 Å². The van der Waals surface area contributed by atoms with Crippen molar-refractivity contribution in [2.45, 2.75) is 50.7 Å². The number of nitrogens with one attached hydrogen (secondary N) is 1. The van der Waals surface area contributed by atoms with Gasteiger partial charge in [0.1, 0.15) is 5.52 Å². The monoisotopic (exact) mass is 465 g/mol. The molecule has 10 heteroatoms. The minimum absolute atomic E-state index is 0.249. The summed E-state index contributed by atoms with van der Waals surface area (Å²) in [6.07, 6.45) is 6.34. The molecule has 2 fully saturated rings. The van der Waals surface area contributed by atoms with Crippen LogP contribution < -0.4 is 16.0 Å². The van der Waals surface area contributed by atoms with E-state index in [1.165, 1.54) is 34.8 Å². The lowest BCUT2D eigenvalue weighted by Crippen LogP contribution is -2.47. The molecule has 0 spiro atoms. The van der Waals surface area contributed by atoms with Crippen molar-refractivity contribution in [2.75, 3.05) is 11.9 Å². The summed E-state index contributed by atoms with van der Waals surface area (Å²) in [6, 6.07) is 6.41. The van der Waals surface area contributed by atoms with Gasteiger partial charge in [0.15, 0.2) is 16.6 Å². The largest absolute Gasteiger partial charge is 0.365 e. The third-order valence-corrected chi connectivity index (χ3v) is 7.93. The van der Waals surface area contributed by atoms with Crippen molar-refractivity contribution in [1.29, 1.82) is 0 Å². The first-order chi connectivity index (χ1) is 15.9. The number of imidazole rings is 1. The fourth-order valence-corrected chi connectivity index (χ4v) is 6.24. The van der Waals surface area contributed by atoms with Crippen molar-refractivity contribution in [3.8, 4) is 11.3 Å². The zero-order valence-corrected chi connectivity index (χ0v) is 19.2. The smallest absolute Gasteiger partial charge is 0.252 e. The lowest BCUT2D eigenvalue weighted by molar-refractivity contribution is 0.100. The number of thiazole rings is 1. The average Bonchev–Trinajstić information content (AvgIpc) is 3.47. The molecule has 170 valence electrons. The minimum atomic E-state index is -0.603. The fourth-order valence-electron chi connectivity index (χ4n) is 5.19. The van der Waals surface area contributed by atoms with Gasteiger partial charge in [-0.15, -0.1) is 0 Å². The number of carbonyl (C=O) groups is 1. The minimum Gasteiger partial charge on any atom is -0.365 e. The number of aromatic nitrogens is 4. The Bertz CT molecular complexity index is 1400. The number of rotatable bonds is 4. The average molecular weight is 466 g/mol. The molecule has 0 aliphatic carbocycles. The molecule has 1 amide bonds. The summed E-state index contributed by atoms with van der Waals surface area (Å²) in [7, 11) is 2.06. The second-order valence-electron chi connectivity index (χ2n) is 9.13. The number of nitrogens with two attached hydrogens (primary N) is 1. The van der Waals surface area contributed by atoms with Crippen LogP contribution in [0.3, 0.4) is 0 Å². The van der Waals surface area contributed by atoms with Gasteiger partial charge in [0.25, 0.3) is 5.91 Å². The first kappa shape index (κ1) is 20.5. The van der Waals surface area contributed by atoms with E-state index in [9.17, 15) is 4.79 Å². The van der Waals surface area contributed by atoms with Crippen LogP contribution in [-0.2, 0) is 0 Å². The van der Waals surface area contributed by atoms with Gasteiger partial charge in [-0.25, -0.2) is 18.9 Å². The van der Waals surface area contributed by atoms with Crippen LogP contribution in [-0.4, -0.2) is 50.7 Å². The lowest BCUT2D eigenvalue weighted by atomic mass is 9.99. The van der Waals surface area contributed by atoms with Crippen LogP contribution in [0.15, 0.2) is 24.4 Å². The third-order valence-electron chi connectivity index (χ3n) is 6.84. The van der Waals surface area contributed by atoms with Gasteiger partial charge in [-0.2, -0.15) is 5.10 Å². The van der Waals surface area contributed by atoms with Crippen molar-refractivity contribution in [3.63, 3.8) is 0 Å². The Morgan fingerprint density at radius 2 is 2.00 bits per heavy atom. The van der Waals surface area contributed by atoms with Crippen molar-refractivity contribution in [3.05, 3.63) is 41.5 Å². The molecule has 3 aromatic heterocycles. The van der Waals surface area contributed by atoms with E-state index >= 15 is 4.39 Å². The topological polar surface area (TPSA) is 101 Å². The van der Waals surface area contributed by atoms with Gasteiger partial charge in [0.2, 0.25) is 0 Å². The van der Waals surface area contributed by atoms with Gasteiger partial charge in [-0.05, 0) is 50.8 Å². The van der Waals surface area contributed by atoms with E-state index < -0.39 is 11.7 Å². The molecule has 2 aliphatic rings. The normalized spacial score (nSPS) is 22.3. The number of anilines is 1. The number of primary amides is 1. The quantitative estimate of drug-likeness (QED) is 0.480. The van der Waals surface area contributed by atoms with Gasteiger partial charge in [0, 0.05) is 30.7 Å². The number of piperidine rings is 1. The van der Waals surface area contributed by atoms with Crippen LogP contribution in [0.25, 0.3) is 27.1 Å². The highest BCUT2D eigenvalue weighted by molar-refractivity contribution is 7.22. The number of fused-ring (bicyclic) bond motifs is 4. The molecule has 5 heterocycles. The van der Waals surface area contributed by atoms with Gasteiger partial charge < -0.3 is 16.0 Å². The van der Waals surface area contributed by atoms with Gasteiger partial charge >= 0.3 is 0 Å². The summed E-state index contributed by atoms with van der Waals surface area (Å²) >= 11 is 1.48. The van der Waals surface area contributed by atoms with Crippen molar-refractivity contribution in [2.24, 2.45) is 5.73 Å². The van der Waals surface area contributed by atoms with Crippen molar-refractivity contribution < 1.29 is 9.18 Å². The van der Waals surface area contributed by atoms with E-state index in [0.29, 0.717) is 46.2 Å². The predicted molar refractivity (Wildman–Crippen MR) is 126 cm³/mol. The molecule has 2 atom stereocenters. The summed E-state index contributed by atoms with van der Waals surface area (Å²) < 4.78 is 17.4. The first-order valence-electron chi connectivity index (χ1n) is 11.1. The molecular formula is C23H24FN7OS. The van der Waals surface area contributed by atoms with E-state index in [1.54, 1.807) is 12.3 Å². The molecule has 0 saturated carbocycles. The molecule has 33 heavy (non-hydrogen) atoms. The van der Waals surface area contributed by atoms with Gasteiger partial charge in [-0.1, -0.05) is 11.3 Å². The zero-order valence-electron chi connectivity index (χ0n) is 18.4. The maximum absolute atomic E-state index is 15.1. The summed E-state index contributed by atoms with van der Waals surface area (Å²) in [4.78, 5) is 23.2. The number of nitrogens with zero attached hydrogens (tertiary/aromatic N) is 5. The highest BCUT2D eigenvalue weighted by Gasteiger charge is 2.36. The number of carbonyl (C=O) groups excluding carboxylic acids is 1. The Labute approximate surface area is 193 Å². The molecule has 0 radical (unpaired) electrons. The molecular weight excluding hydrogens is 441 g/mol. The highest BCUT2D eigenvalue weighted by atomic mass is 32.1. The molecule has 2 saturated heterocycles. The Morgan fingerprint density at radius 1 is 1.24 bits per heavy atom. The maximum Gasteiger partial charge on any atom is 0.252 e. The number of benzene rings is 1. The first-order valence-corrected chi connectivity index (χ1v) is 11.9. The standard InChI is InChI=1S/C23H24FN7OS/c1-11-10-31-22(26-11)16(21(25)32)9-18(29-31)12-5-17(24)20-19(6-12)33-23(28-20)30(2)15-7-13-3-4-14(8-15)27-13/h5-6,9-10,13-15,27H,3-4,7-8H2,1-2H3,(H2,25,32). The molecule has 8 nitrogen and oxygen atoms in total. The fraction of sp³-hybridized carbons (Fsp3) is 0.391. The number of hydrogen-bond acceptors (Lipinski definition) is 7. The SMILES string of the molecule is Cc1cn2nc(-c3cc(F)c4nc(N(C)C5CC6CCC(C5)N6)sc4c3)cc(C(N)=O)c2n1. The molecule has 2 aliphatic heterocycles. The molecule has 4 aromatic rings.